The van der Waals surface area contributed by atoms with Gasteiger partial charge in [-0.05, 0) is 56.8 Å². The van der Waals surface area contributed by atoms with E-state index in [0.717, 1.165) is 44.6 Å². The van der Waals surface area contributed by atoms with Crippen molar-refractivity contribution in [2.24, 2.45) is 5.92 Å². The van der Waals surface area contributed by atoms with Crippen molar-refractivity contribution < 1.29 is 9.18 Å². The van der Waals surface area contributed by atoms with Crippen LogP contribution in [0.3, 0.4) is 0 Å². The quantitative estimate of drug-likeness (QED) is 0.835. The molecule has 0 radical (unpaired) electrons. The van der Waals surface area contributed by atoms with E-state index in [0.29, 0.717) is 11.9 Å². The van der Waals surface area contributed by atoms with Crippen LogP contribution in [0.2, 0.25) is 0 Å². The van der Waals surface area contributed by atoms with Crippen LogP contribution in [-0.4, -0.2) is 41.4 Å². The van der Waals surface area contributed by atoms with Gasteiger partial charge in [-0.2, -0.15) is 0 Å². The second kappa shape index (κ2) is 6.78. The van der Waals surface area contributed by atoms with Gasteiger partial charge in [0.15, 0.2) is 0 Å². The lowest BCUT2D eigenvalue weighted by atomic mass is 9.96. The first kappa shape index (κ1) is 15.5. The highest BCUT2D eigenvalue weighted by molar-refractivity contribution is 5.79. The molecule has 0 unspecified atom stereocenters. The third-order valence-corrected chi connectivity index (χ3v) is 4.76. The Labute approximate surface area is 132 Å². The number of rotatable bonds is 5. The van der Waals surface area contributed by atoms with Gasteiger partial charge in [-0.1, -0.05) is 12.1 Å². The van der Waals surface area contributed by atoms with Crippen LogP contribution in [0.15, 0.2) is 24.3 Å². The third kappa shape index (κ3) is 3.67. The maximum absolute atomic E-state index is 13.3. The molecule has 1 aliphatic heterocycles. The van der Waals surface area contributed by atoms with Crippen LogP contribution in [0.4, 0.5) is 4.39 Å². The Hall–Kier alpha value is -1.42. The van der Waals surface area contributed by atoms with Crippen molar-refractivity contribution in [3.8, 4) is 0 Å². The fourth-order valence-electron chi connectivity index (χ4n) is 3.51. The van der Waals surface area contributed by atoms with Gasteiger partial charge in [0.25, 0.3) is 0 Å². The van der Waals surface area contributed by atoms with E-state index in [2.05, 4.69) is 16.7 Å². The highest BCUT2D eigenvalue weighted by atomic mass is 19.1. The molecule has 1 aliphatic carbocycles. The molecule has 0 spiro atoms. The summed E-state index contributed by atoms with van der Waals surface area (Å²) in [4.78, 5) is 17.1. The van der Waals surface area contributed by atoms with Crippen LogP contribution < -0.4 is 0 Å². The molecule has 4 heteroatoms. The molecule has 1 saturated carbocycles. The van der Waals surface area contributed by atoms with Crippen LogP contribution in [0, 0.1) is 11.7 Å². The zero-order valence-corrected chi connectivity index (χ0v) is 13.3. The SMILES string of the molecule is CCN(C(=O)[C@H]1CCCN(Cc2cccc(F)c2)C1)C1CC1. The smallest absolute Gasteiger partial charge is 0.227 e. The molecular weight excluding hydrogens is 279 g/mol. The lowest BCUT2D eigenvalue weighted by Gasteiger charge is -2.35. The lowest BCUT2D eigenvalue weighted by Crippen LogP contribution is -2.45. The molecule has 1 amide bonds. The summed E-state index contributed by atoms with van der Waals surface area (Å²) in [5.74, 6) is 0.254. The fourth-order valence-corrected chi connectivity index (χ4v) is 3.51. The molecule has 22 heavy (non-hydrogen) atoms. The molecule has 0 aromatic heterocycles. The summed E-state index contributed by atoms with van der Waals surface area (Å²) in [6.07, 6.45) is 4.37. The molecule has 1 saturated heterocycles. The molecule has 3 rings (SSSR count). The average Bonchev–Trinajstić information content (AvgIpc) is 3.33. The number of nitrogens with zero attached hydrogens (tertiary/aromatic N) is 2. The molecule has 120 valence electrons. The molecule has 1 aromatic rings. The normalized spacial score (nSPS) is 22.5. The van der Waals surface area contributed by atoms with Gasteiger partial charge in [-0.3, -0.25) is 9.69 Å². The van der Waals surface area contributed by atoms with Crippen LogP contribution in [0.5, 0.6) is 0 Å². The van der Waals surface area contributed by atoms with Crippen LogP contribution in [0.1, 0.15) is 38.2 Å². The van der Waals surface area contributed by atoms with Gasteiger partial charge in [0, 0.05) is 25.7 Å². The maximum Gasteiger partial charge on any atom is 0.227 e. The molecule has 1 aromatic carbocycles. The summed E-state index contributed by atoms with van der Waals surface area (Å²) in [7, 11) is 0. The number of carbonyl (C=O) groups is 1. The average molecular weight is 304 g/mol. The minimum atomic E-state index is -0.187. The Bertz CT molecular complexity index is 530. The van der Waals surface area contributed by atoms with Crippen molar-refractivity contribution in [1.82, 2.24) is 9.80 Å². The number of hydrogen-bond donors (Lipinski definition) is 0. The number of halogens is 1. The van der Waals surface area contributed by atoms with Crippen molar-refractivity contribution in [2.75, 3.05) is 19.6 Å². The van der Waals surface area contributed by atoms with E-state index in [-0.39, 0.29) is 11.7 Å². The molecule has 0 bridgehead atoms. The van der Waals surface area contributed by atoms with Crippen LogP contribution >= 0.6 is 0 Å². The first-order valence-electron chi connectivity index (χ1n) is 8.44. The largest absolute Gasteiger partial charge is 0.340 e. The zero-order chi connectivity index (χ0) is 15.5. The van der Waals surface area contributed by atoms with Gasteiger partial charge in [-0.25, -0.2) is 4.39 Å². The molecule has 2 aliphatic rings. The molecular formula is C18H25FN2O. The first-order valence-corrected chi connectivity index (χ1v) is 8.44. The van der Waals surface area contributed by atoms with Crippen molar-refractivity contribution in [3.05, 3.63) is 35.6 Å². The van der Waals surface area contributed by atoms with Crippen LogP contribution in [0.25, 0.3) is 0 Å². The summed E-state index contributed by atoms with van der Waals surface area (Å²) in [6.45, 7) is 5.43. The van der Waals surface area contributed by atoms with Gasteiger partial charge in [0.1, 0.15) is 5.82 Å². The summed E-state index contributed by atoms with van der Waals surface area (Å²) in [6, 6.07) is 7.27. The van der Waals surface area contributed by atoms with Gasteiger partial charge in [0.2, 0.25) is 5.91 Å². The topological polar surface area (TPSA) is 23.6 Å². The monoisotopic (exact) mass is 304 g/mol. The second-order valence-corrected chi connectivity index (χ2v) is 6.56. The number of benzene rings is 1. The number of carbonyl (C=O) groups excluding carboxylic acids is 1. The first-order chi connectivity index (χ1) is 10.7. The summed E-state index contributed by atoms with van der Waals surface area (Å²) in [5, 5.41) is 0. The Balaban J connectivity index is 1.60. The highest BCUT2D eigenvalue weighted by Gasteiger charge is 2.36. The number of piperidine rings is 1. The van der Waals surface area contributed by atoms with Gasteiger partial charge in [-0.15, -0.1) is 0 Å². The van der Waals surface area contributed by atoms with Crippen molar-refractivity contribution >= 4 is 5.91 Å². The zero-order valence-electron chi connectivity index (χ0n) is 13.3. The molecule has 0 N–H and O–H groups in total. The van der Waals surface area contributed by atoms with E-state index in [1.54, 1.807) is 12.1 Å². The Morgan fingerprint density at radius 2 is 2.18 bits per heavy atom. The Morgan fingerprint density at radius 3 is 2.86 bits per heavy atom. The number of likely N-dealkylation sites (tertiary alicyclic amines) is 1. The number of amides is 1. The van der Waals surface area contributed by atoms with Gasteiger partial charge in [0.05, 0.1) is 5.92 Å². The summed E-state index contributed by atoms with van der Waals surface area (Å²) >= 11 is 0. The Morgan fingerprint density at radius 1 is 1.36 bits per heavy atom. The Kier molecular flexibility index (Phi) is 4.77. The molecule has 3 nitrogen and oxygen atoms in total. The van der Waals surface area contributed by atoms with E-state index >= 15 is 0 Å². The molecule has 1 heterocycles. The van der Waals surface area contributed by atoms with E-state index in [4.69, 9.17) is 0 Å². The molecule has 1 atom stereocenters. The van der Waals surface area contributed by atoms with E-state index in [1.807, 2.05) is 6.07 Å². The summed E-state index contributed by atoms with van der Waals surface area (Å²) < 4.78 is 13.3. The predicted octanol–water partition coefficient (Wildman–Crippen LogP) is 3.05. The van der Waals surface area contributed by atoms with E-state index < -0.39 is 0 Å². The van der Waals surface area contributed by atoms with Crippen molar-refractivity contribution in [1.29, 1.82) is 0 Å². The second-order valence-electron chi connectivity index (χ2n) is 6.56. The fraction of sp³-hybridized carbons (Fsp3) is 0.611. The van der Waals surface area contributed by atoms with E-state index in [1.165, 1.54) is 18.9 Å². The minimum absolute atomic E-state index is 0.114. The predicted molar refractivity (Wildman–Crippen MR) is 84.8 cm³/mol. The lowest BCUT2D eigenvalue weighted by molar-refractivity contribution is -0.137. The molecule has 2 fully saturated rings. The van der Waals surface area contributed by atoms with Crippen LogP contribution in [-0.2, 0) is 11.3 Å². The van der Waals surface area contributed by atoms with Crippen molar-refractivity contribution in [2.45, 2.75) is 45.2 Å². The summed E-state index contributed by atoms with van der Waals surface area (Å²) in [5.41, 5.74) is 0.989. The van der Waals surface area contributed by atoms with E-state index in [9.17, 15) is 9.18 Å². The van der Waals surface area contributed by atoms with Gasteiger partial charge < -0.3 is 4.90 Å². The van der Waals surface area contributed by atoms with Gasteiger partial charge >= 0.3 is 0 Å². The third-order valence-electron chi connectivity index (χ3n) is 4.76. The van der Waals surface area contributed by atoms with Crippen molar-refractivity contribution in [3.63, 3.8) is 0 Å². The minimum Gasteiger partial charge on any atom is -0.340 e. The maximum atomic E-state index is 13.3. The standard InChI is InChI=1S/C18H25FN2O/c1-2-21(17-8-9-17)18(22)15-6-4-10-20(13-15)12-14-5-3-7-16(19)11-14/h3,5,7,11,15,17H,2,4,6,8-10,12-13H2,1H3/t15-/m0/s1. The number of hydrogen-bond acceptors (Lipinski definition) is 2. The highest BCUT2D eigenvalue weighted by Crippen LogP contribution is 2.30.